The molecule has 0 aliphatic carbocycles. The molecule has 1 aliphatic rings. The third-order valence-electron chi connectivity index (χ3n) is 5.15. The van der Waals surface area contributed by atoms with E-state index >= 15 is 0 Å². The molecule has 0 radical (unpaired) electrons. The molecule has 1 aromatic heterocycles. The summed E-state index contributed by atoms with van der Waals surface area (Å²) in [5.74, 6) is 1.66. The van der Waals surface area contributed by atoms with Crippen molar-refractivity contribution in [1.29, 1.82) is 0 Å². The van der Waals surface area contributed by atoms with Crippen LogP contribution >= 0.6 is 0 Å². The standard InChI is InChI=1S/C20H28N4O/c1-15-7-4-5-8-18(15)14-23(3)20(25)16(2)22-13-17-9-6-11-24-12-10-21-19(17)24/h4-5,7-8,10,12,16-17,22H,6,9,11,13-14H2,1-3H3/t16-,17-/m1/s1. The van der Waals surface area contributed by atoms with E-state index in [1.54, 1.807) is 0 Å². The number of nitrogens with zero attached hydrogens (tertiary/aromatic N) is 3. The lowest BCUT2D eigenvalue weighted by atomic mass is 9.98. The average molecular weight is 340 g/mol. The Morgan fingerprint density at radius 2 is 2.24 bits per heavy atom. The molecule has 0 spiro atoms. The van der Waals surface area contributed by atoms with E-state index in [9.17, 15) is 4.79 Å². The normalized spacial score (nSPS) is 17.8. The van der Waals surface area contributed by atoms with Gasteiger partial charge in [-0.25, -0.2) is 4.98 Å². The fourth-order valence-electron chi connectivity index (χ4n) is 3.56. The van der Waals surface area contributed by atoms with Crippen LogP contribution in [0.4, 0.5) is 0 Å². The third-order valence-corrected chi connectivity index (χ3v) is 5.15. The number of aryl methyl sites for hydroxylation is 2. The van der Waals surface area contributed by atoms with Gasteiger partial charge in [-0.1, -0.05) is 24.3 Å². The fraction of sp³-hybridized carbons (Fsp3) is 0.500. The Labute approximate surface area is 150 Å². The van der Waals surface area contributed by atoms with E-state index < -0.39 is 0 Å². The number of imidazole rings is 1. The van der Waals surface area contributed by atoms with Crippen LogP contribution in [-0.2, 0) is 17.9 Å². The Kier molecular flexibility index (Phi) is 5.53. The van der Waals surface area contributed by atoms with Gasteiger partial charge >= 0.3 is 0 Å². The van der Waals surface area contributed by atoms with E-state index in [1.165, 1.54) is 17.5 Å². The molecule has 1 aromatic carbocycles. The van der Waals surface area contributed by atoms with Crippen LogP contribution in [0.5, 0.6) is 0 Å². The smallest absolute Gasteiger partial charge is 0.239 e. The zero-order chi connectivity index (χ0) is 17.8. The first kappa shape index (κ1) is 17.7. The van der Waals surface area contributed by atoms with Crippen molar-refractivity contribution >= 4 is 5.91 Å². The summed E-state index contributed by atoms with van der Waals surface area (Å²) < 4.78 is 2.23. The average Bonchev–Trinajstić information content (AvgIpc) is 3.10. The van der Waals surface area contributed by atoms with Crippen molar-refractivity contribution in [2.45, 2.75) is 51.7 Å². The van der Waals surface area contributed by atoms with Crippen molar-refractivity contribution in [3.63, 3.8) is 0 Å². The number of carbonyl (C=O) groups excluding carboxylic acids is 1. The molecule has 1 N–H and O–H groups in total. The molecule has 2 aromatic rings. The summed E-state index contributed by atoms with van der Waals surface area (Å²) in [6.45, 7) is 6.53. The lowest BCUT2D eigenvalue weighted by Gasteiger charge is -2.27. The first-order chi connectivity index (χ1) is 12.1. The predicted octanol–water partition coefficient (Wildman–Crippen LogP) is 2.71. The molecule has 0 unspecified atom stereocenters. The van der Waals surface area contributed by atoms with Crippen LogP contribution in [0.3, 0.4) is 0 Å². The second-order valence-electron chi connectivity index (χ2n) is 7.07. The molecule has 0 bridgehead atoms. The molecular formula is C20H28N4O. The molecule has 1 aliphatic heterocycles. The van der Waals surface area contributed by atoms with Gasteiger partial charge in [-0.05, 0) is 37.8 Å². The van der Waals surface area contributed by atoms with Crippen LogP contribution in [0.1, 0.15) is 42.6 Å². The van der Waals surface area contributed by atoms with Crippen molar-refractivity contribution < 1.29 is 4.79 Å². The highest BCUT2D eigenvalue weighted by atomic mass is 16.2. The molecule has 1 amide bonds. The van der Waals surface area contributed by atoms with Gasteiger partial charge in [0.1, 0.15) is 5.82 Å². The SMILES string of the molecule is Cc1ccccc1CN(C)C(=O)[C@@H](C)NC[C@H]1CCCn2ccnc21. The number of likely N-dealkylation sites (N-methyl/N-ethyl adjacent to an activating group) is 1. The van der Waals surface area contributed by atoms with Crippen molar-refractivity contribution in [2.75, 3.05) is 13.6 Å². The summed E-state index contributed by atoms with van der Waals surface area (Å²) in [6.07, 6.45) is 6.22. The van der Waals surface area contributed by atoms with Gasteiger partial charge in [0.05, 0.1) is 6.04 Å². The number of hydrogen-bond acceptors (Lipinski definition) is 3. The Morgan fingerprint density at radius 1 is 1.44 bits per heavy atom. The van der Waals surface area contributed by atoms with Crippen molar-refractivity contribution in [3.8, 4) is 0 Å². The van der Waals surface area contributed by atoms with E-state index in [1.807, 2.05) is 43.4 Å². The molecule has 0 saturated carbocycles. The van der Waals surface area contributed by atoms with Crippen LogP contribution in [0.15, 0.2) is 36.7 Å². The number of carbonyl (C=O) groups is 1. The first-order valence-electron chi connectivity index (χ1n) is 9.10. The quantitative estimate of drug-likeness (QED) is 0.880. The first-order valence-corrected chi connectivity index (χ1v) is 9.10. The summed E-state index contributed by atoms with van der Waals surface area (Å²) in [4.78, 5) is 19.0. The molecule has 5 nitrogen and oxygen atoms in total. The summed E-state index contributed by atoms with van der Waals surface area (Å²) >= 11 is 0. The molecule has 25 heavy (non-hydrogen) atoms. The fourth-order valence-corrected chi connectivity index (χ4v) is 3.56. The molecule has 2 atom stereocenters. The van der Waals surface area contributed by atoms with E-state index in [4.69, 9.17) is 0 Å². The van der Waals surface area contributed by atoms with Crippen LogP contribution in [0.2, 0.25) is 0 Å². The second kappa shape index (κ2) is 7.83. The van der Waals surface area contributed by atoms with Gasteiger partial charge in [0, 0.05) is 45.0 Å². The van der Waals surface area contributed by atoms with Crippen molar-refractivity contribution in [3.05, 3.63) is 53.6 Å². The maximum Gasteiger partial charge on any atom is 0.239 e. The zero-order valence-corrected chi connectivity index (χ0v) is 15.4. The lowest BCUT2D eigenvalue weighted by Crippen LogP contribution is -2.44. The molecule has 0 saturated heterocycles. The summed E-state index contributed by atoms with van der Waals surface area (Å²) in [5.41, 5.74) is 2.41. The van der Waals surface area contributed by atoms with Crippen LogP contribution in [0.25, 0.3) is 0 Å². The van der Waals surface area contributed by atoms with Gasteiger partial charge in [-0.3, -0.25) is 4.79 Å². The van der Waals surface area contributed by atoms with E-state index in [-0.39, 0.29) is 11.9 Å². The second-order valence-corrected chi connectivity index (χ2v) is 7.07. The van der Waals surface area contributed by atoms with E-state index in [0.717, 1.165) is 25.3 Å². The van der Waals surface area contributed by atoms with Gasteiger partial charge in [-0.2, -0.15) is 0 Å². The minimum Gasteiger partial charge on any atom is -0.340 e. The van der Waals surface area contributed by atoms with Gasteiger partial charge in [0.25, 0.3) is 0 Å². The minimum absolute atomic E-state index is 0.127. The van der Waals surface area contributed by atoms with E-state index in [2.05, 4.69) is 33.9 Å². The minimum atomic E-state index is -0.195. The number of fused-ring (bicyclic) bond motifs is 1. The molecule has 134 valence electrons. The molecular weight excluding hydrogens is 312 g/mol. The molecule has 3 rings (SSSR count). The van der Waals surface area contributed by atoms with Crippen molar-refractivity contribution in [2.24, 2.45) is 0 Å². The third kappa shape index (κ3) is 4.10. The Bertz CT molecular complexity index is 724. The molecule has 5 heteroatoms. The number of nitrogens with one attached hydrogen (secondary N) is 1. The Morgan fingerprint density at radius 3 is 3.04 bits per heavy atom. The van der Waals surface area contributed by atoms with Crippen LogP contribution < -0.4 is 5.32 Å². The highest BCUT2D eigenvalue weighted by molar-refractivity contribution is 5.81. The summed E-state index contributed by atoms with van der Waals surface area (Å²) in [6, 6.07) is 8.02. The lowest BCUT2D eigenvalue weighted by molar-refractivity contribution is -0.132. The number of rotatable bonds is 6. The number of amides is 1. The Balaban J connectivity index is 1.54. The maximum absolute atomic E-state index is 12.7. The topological polar surface area (TPSA) is 50.2 Å². The predicted molar refractivity (Wildman–Crippen MR) is 99.3 cm³/mol. The van der Waals surface area contributed by atoms with Crippen molar-refractivity contribution in [1.82, 2.24) is 19.8 Å². The zero-order valence-electron chi connectivity index (χ0n) is 15.4. The number of aromatic nitrogens is 2. The highest BCUT2D eigenvalue weighted by Gasteiger charge is 2.24. The van der Waals surface area contributed by atoms with Gasteiger partial charge in [0.15, 0.2) is 0 Å². The summed E-state index contributed by atoms with van der Waals surface area (Å²) in [7, 11) is 1.88. The van der Waals surface area contributed by atoms with Crippen LogP contribution in [0, 0.1) is 6.92 Å². The monoisotopic (exact) mass is 340 g/mol. The van der Waals surface area contributed by atoms with Gasteiger partial charge in [0.2, 0.25) is 5.91 Å². The number of benzene rings is 1. The highest BCUT2D eigenvalue weighted by Crippen LogP contribution is 2.25. The number of hydrogen-bond donors (Lipinski definition) is 1. The van der Waals surface area contributed by atoms with Gasteiger partial charge in [-0.15, -0.1) is 0 Å². The molecule has 2 heterocycles. The van der Waals surface area contributed by atoms with Gasteiger partial charge < -0.3 is 14.8 Å². The van der Waals surface area contributed by atoms with Crippen LogP contribution in [-0.4, -0.2) is 40.0 Å². The molecule has 0 fully saturated rings. The van der Waals surface area contributed by atoms with E-state index in [0.29, 0.717) is 12.5 Å². The summed E-state index contributed by atoms with van der Waals surface area (Å²) in [5, 5.41) is 3.42. The maximum atomic E-state index is 12.7. The Hall–Kier alpha value is -2.14. The largest absolute Gasteiger partial charge is 0.340 e.